The molecule has 1 heterocycles. The largest absolute Gasteiger partial charge is 0.483 e. The van der Waals surface area contributed by atoms with Gasteiger partial charge in [-0.15, -0.1) is 16.8 Å². The minimum absolute atomic E-state index is 0.0530. The zero-order chi connectivity index (χ0) is 24.7. The minimum Gasteiger partial charge on any atom is -0.483 e. The number of nitrogens with one attached hydrogen (secondary N) is 1. The van der Waals surface area contributed by atoms with Crippen LogP contribution in [0, 0.1) is 0 Å². The van der Waals surface area contributed by atoms with Gasteiger partial charge in [0.25, 0.3) is 0 Å². The Morgan fingerprint density at radius 3 is 2.53 bits per heavy atom. The van der Waals surface area contributed by atoms with E-state index >= 15 is 0 Å². The molecule has 3 aromatic rings. The fourth-order valence-electron chi connectivity index (χ4n) is 3.34. The van der Waals surface area contributed by atoms with Gasteiger partial charge < -0.3 is 10.1 Å². The average Bonchev–Trinajstić information content (AvgIpc) is 3.21. The SMILES string of the molecule is C=CCn1c(SCC(=O)Nc2cccc(C(C)=O)c2)nnc1C(C)Oc1ccc(C(C)C)cc1. The van der Waals surface area contributed by atoms with Gasteiger partial charge in [-0.3, -0.25) is 14.2 Å². The Morgan fingerprint density at radius 2 is 1.88 bits per heavy atom. The summed E-state index contributed by atoms with van der Waals surface area (Å²) in [5, 5.41) is 12.0. The Labute approximate surface area is 204 Å². The van der Waals surface area contributed by atoms with Crippen LogP contribution in [-0.4, -0.2) is 32.2 Å². The molecule has 0 aliphatic carbocycles. The number of hydrogen-bond donors (Lipinski definition) is 1. The summed E-state index contributed by atoms with van der Waals surface area (Å²) < 4.78 is 7.99. The molecule has 0 aliphatic rings. The molecule has 1 N–H and O–H groups in total. The van der Waals surface area contributed by atoms with Gasteiger partial charge in [0.15, 0.2) is 22.9 Å². The highest BCUT2D eigenvalue weighted by Crippen LogP contribution is 2.26. The Balaban J connectivity index is 1.65. The van der Waals surface area contributed by atoms with Gasteiger partial charge in [0.05, 0.1) is 5.75 Å². The Bertz CT molecular complexity index is 1160. The molecule has 1 aromatic heterocycles. The van der Waals surface area contributed by atoms with Crippen molar-refractivity contribution in [2.75, 3.05) is 11.1 Å². The minimum atomic E-state index is -0.338. The highest BCUT2D eigenvalue weighted by atomic mass is 32.2. The molecular formula is C26H30N4O3S. The standard InChI is InChI=1S/C26H30N4O3S/c1-6-14-30-25(19(5)33-23-12-10-20(11-13-23)17(2)3)28-29-26(30)34-16-24(32)27-22-9-7-8-21(15-22)18(4)31/h6-13,15,17,19H,1,14,16H2,2-5H3,(H,27,32). The summed E-state index contributed by atoms with van der Waals surface area (Å²) in [6.45, 7) is 12.0. The van der Waals surface area contributed by atoms with Gasteiger partial charge in [-0.2, -0.15) is 0 Å². The van der Waals surface area contributed by atoms with Gasteiger partial charge in [-0.1, -0.05) is 56.0 Å². The maximum atomic E-state index is 12.5. The fraction of sp³-hybridized carbons (Fsp3) is 0.308. The second-order valence-corrected chi connectivity index (χ2v) is 9.14. The molecule has 7 nitrogen and oxygen atoms in total. The number of benzene rings is 2. The molecule has 3 rings (SSSR count). The van der Waals surface area contributed by atoms with Crippen molar-refractivity contribution in [3.05, 3.63) is 78.1 Å². The number of aromatic nitrogens is 3. The van der Waals surface area contributed by atoms with Crippen LogP contribution in [0.2, 0.25) is 0 Å². The first kappa shape index (κ1) is 25.2. The number of nitrogens with zero attached hydrogens (tertiary/aromatic N) is 3. The van der Waals surface area contributed by atoms with E-state index in [0.29, 0.717) is 34.7 Å². The summed E-state index contributed by atoms with van der Waals surface area (Å²) >= 11 is 1.28. The number of Topliss-reactive ketones (excluding diaryl/α,β-unsaturated/α-hetero) is 1. The van der Waals surface area contributed by atoms with Gasteiger partial charge in [0, 0.05) is 17.8 Å². The predicted octanol–water partition coefficient (Wildman–Crippen LogP) is 5.66. The third-order valence-corrected chi connectivity index (χ3v) is 6.13. The summed E-state index contributed by atoms with van der Waals surface area (Å²) in [6, 6.07) is 14.9. The molecule has 0 aliphatic heterocycles. The molecule has 1 amide bonds. The van der Waals surface area contributed by atoms with Crippen LogP contribution in [-0.2, 0) is 11.3 Å². The molecule has 0 spiro atoms. The highest BCUT2D eigenvalue weighted by molar-refractivity contribution is 7.99. The van der Waals surface area contributed by atoms with Gasteiger partial charge in [-0.25, -0.2) is 0 Å². The van der Waals surface area contributed by atoms with Crippen LogP contribution >= 0.6 is 11.8 Å². The molecule has 178 valence electrons. The number of allylic oxidation sites excluding steroid dienone is 1. The molecule has 1 atom stereocenters. The first-order chi connectivity index (χ1) is 16.3. The summed E-state index contributed by atoms with van der Waals surface area (Å²) in [5.74, 6) is 1.76. The second-order valence-electron chi connectivity index (χ2n) is 8.20. The molecule has 2 aromatic carbocycles. The third kappa shape index (κ3) is 6.57. The Hall–Kier alpha value is -3.39. The smallest absolute Gasteiger partial charge is 0.234 e. The number of amides is 1. The van der Waals surface area contributed by atoms with Crippen LogP contribution in [0.4, 0.5) is 5.69 Å². The van der Waals surface area contributed by atoms with Crippen molar-refractivity contribution in [1.29, 1.82) is 0 Å². The first-order valence-corrected chi connectivity index (χ1v) is 12.1. The number of ketones is 1. The van der Waals surface area contributed by atoms with Crippen molar-refractivity contribution in [2.45, 2.75) is 51.4 Å². The summed E-state index contributed by atoms with van der Waals surface area (Å²) in [4.78, 5) is 24.0. The number of carbonyl (C=O) groups is 2. The lowest BCUT2D eigenvalue weighted by atomic mass is 10.0. The number of carbonyl (C=O) groups excluding carboxylic acids is 2. The van der Waals surface area contributed by atoms with Gasteiger partial charge in [0.1, 0.15) is 5.75 Å². The highest BCUT2D eigenvalue weighted by Gasteiger charge is 2.20. The quantitative estimate of drug-likeness (QED) is 0.217. The number of thioether (sulfide) groups is 1. The normalized spacial score (nSPS) is 11.8. The topological polar surface area (TPSA) is 86.1 Å². The second kappa shape index (κ2) is 11.7. The zero-order valence-electron chi connectivity index (χ0n) is 19.9. The molecule has 0 saturated heterocycles. The lowest BCUT2D eigenvalue weighted by Gasteiger charge is -2.16. The maximum absolute atomic E-state index is 12.5. The van der Waals surface area contributed by atoms with Crippen molar-refractivity contribution in [1.82, 2.24) is 14.8 Å². The number of anilines is 1. The van der Waals surface area contributed by atoms with Crippen LogP contribution in [0.1, 0.15) is 61.5 Å². The van der Waals surface area contributed by atoms with Gasteiger partial charge in [-0.05, 0) is 49.6 Å². The van der Waals surface area contributed by atoms with E-state index in [1.165, 1.54) is 24.2 Å². The van der Waals surface area contributed by atoms with Crippen LogP contribution in [0.25, 0.3) is 0 Å². The predicted molar refractivity (Wildman–Crippen MR) is 136 cm³/mol. The van der Waals surface area contributed by atoms with Gasteiger partial charge in [0.2, 0.25) is 5.91 Å². The molecular weight excluding hydrogens is 448 g/mol. The van der Waals surface area contributed by atoms with E-state index in [1.807, 2.05) is 23.6 Å². The van der Waals surface area contributed by atoms with Crippen molar-refractivity contribution in [3.63, 3.8) is 0 Å². The van der Waals surface area contributed by atoms with Crippen LogP contribution in [0.15, 0.2) is 66.3 Å². The van der Waals surface area contributed by atoms with Gasteiger partial charge >= 0.3 is 0 Å². The zero-order valence-corrected chi connectivity index (χ0v) is 20.8. The molecule has 34 heavy (non-hydrogen) atoms. The third-order valence-electron chi connectivity index (χ3n) is 5.17. The van der Waals surface area contributed by atoms with Crippen LogP contribution < -0.4 is 10.1 Å². The van der Waals surface area contributed by atoms with Crippen molar-refractivity contribution >= 4 is 29.1 Å². The molecule has 0 fully saturated rings. The van der Waals surface area contributed by atoms with E-state index in [9.17, 15) is 9.59 Å². The lowest BCUT2D eigenvalue weighted by Crippen LogP contribution is -2.16. The lowest BCUT2D eigenvalue weighted by molar-refractivity contribution is -0.113. The molecule has 0 bridgehead atoms. The molecule has 0 radical (unpaired) electrons. The molecule has 8 heteroatoms. The average molecular weight is 479 g/mol. The van der Waals surface area contributed by atoms with Crippen LogP contribution in [0.5, 0.6) is 5.75 Å². The van der Waals surface area contributed by atoms with Crippen LogP contribution in [0.3, 0.4) is 0 Å². The van der Waals surface area contributed by atoms with Crippen molar-refractivity contribution in [2.24, 2.45) is 0 Å². The summed E-state index contributed by atoms with van der Waals surface area (Å²) in [6.07, 6.45) is 1.42. The Kier molecular flexibility index (Phi) is 8.65. The van der Waals surface area contributed by atoms with E-state index in [1.54, 1.807) is 30.3 Å². The van der Waals surface area contributed by atoms with E-state index in [4.69, 9.17) is 4.74 Å². The molecule has 1 unspecified atom stereocenters. The van der Waals surface area contributed by atoms with Crippen molar-refractivity contribution in [3.8, 4) is 5.75 Å². The summed E-state index contributed by atoms with van der Waals surface area (Å²) in [7, 11) is 0. The van der Waals surface area contributed by atoms with Crippen molar-refractivity contribution < 1.29 is 14.3 Å². The first-order valence-electron chi connectivity index (χ1n) is 11.1. The molecule has 0 saturated carbocycles. The Morgan fingerprint density at radius 1 is 1.15 bits per heavy atom. The van der Waals surface area contributed by atoms with E-state index in [-0.39, 0.29) is 23.5 Å². The number of ether oxygens (including phenoxy) is 1. The summed E-state index contributed by atoms with van der Waals surface area (Å²) in [5.41, 5.74) is 2.38. The fourth-order valence-corrected chi connectivity index (χ4v) is 4.09. The monoisotopic (exact) mass is 478 g/mol. The maximum Gasteiger partial charge on any atom is 0.234 e. The van der Waals surface area contributed by atoms with E-state index < -0.39 is 0 Å². The number of hydrogen-bond acceptors (Lipinski definition) is 6. The van der Waals surface area contributed by atoms with E-state index in [0.717, 1.165) is 5.75 Å². The number of rotatable bonds is 11. The van der Waals surface area contributed by atoms with E-state index in [2.05, 4.69) is 48.1 Å².